The molecule has 2 aromatic rings. The maximum Gasteiger partial charge on any atom is 0.239 e. The molecular formula is C13H13ClN2O4S2. The molecule has 0 radical (unpaired) electrons. The van der Waals surface area contributed by atoms with Crippen LogP contribution in [0.4, 0.5) is 5.69 Å². The molecule has 9 heteroatoms. The topological polar surface area (TPSA) is 120 Å². The second-order valence-electron chi connectivity index (χ2n) is 4.62. The average Bonchev–Trinajstić information content (AvgIpc) is 2.41. The Balaban J connectivity index is 2.84. The molecule has 0 aliphatic rings. The van der Waals surface area contributed by atoms with E-state index >= 15 is 0 Å². The van der Waals surface area contributed by atoms with Crippen LogP contribution in [0.1, 0.15) is 5.56 Å². The highest BCUT2D eigenvalue weighted by atomic mass is 35.5. The van der Waals surface area contributed by atoms with Gasteiger partial charge in [-0.2, -0.15) is 0 Å². The van der Waals surface area contributed by atoms with Crippen molar-refractivity contribution < 1.29 is 16.8 Å². The minimum atomic E-state index is -4.20. The second kappa shape index (κ2) is 5.54. The van der Waals surface area contributed by atoms with Crippen LogP contribution in [0.5, 0.6) is 0 Å². The first kappa shape index (κ1) is 16.8. The molecule has 0 atom stereocenters. The van der Waals surface area contributed by atoms with Crippen LogP contribution in [0, 0.1) is 6.92 Å². The van der Waals surface area contributed by atoms with E-state index in [9.17, 15) is 16.8 Å². The van der Waals surface area contributed by atoms with Gasteiger partial charge in [0.15, 0.2) is 0 Å². The first-order valence-corrected chi connectivity index (χ1v) is 9.38. The number of hydrogen-bond donors (Lipinski definition) is 2. The number of halogens is 1. The lowest BCUT2D eigenvalue weighted by molar-refractivity contribution is 0.583. The van der Waals surface area contributed by atoms with E-state index in [1.165, 1.54) is 37.3 Å². The molecule has 0 aliphatic heterocycles. The van der Waals surface area contributed by atoms with Crippen molar-refractivity contribution in [2.24, 2.45) is 5.14 Å². The minimum absolute atomic E-state index is 0.155. The van der Waals surface area contributed by atoms with E-state index in [1.54, 1.807) is 0 Å². The van der Waals surface area contributed by atoms with Gasteiger partial charge < -0.3 is 5.73 Å². The van der Waals surface area contributed by atoms with Crippen molar-refractivity contribution in [1.29, 1.82) is 0 Å². The molecule has 0 aliphatic carbocycles. The maximum atomic E-state index is 12.8. The van der Waals surface area contributed by atoms with Gasteiger partial charge in [0.1, 0.15) is 4.90 Å². The number of nitrogens with two attached hydrogens (primary N) is 2. The third-order valence-corrected chi connectivity index (χ3v) is 6.48. The molecule has 118 valence electrons. The highest BCUT2D eigenvalue weighted by molar-refractivity contribution is 7.93. The van der Waals surface area contributed by atoms with E-state index < -0.39 is 29.7 Å². The molecule has 2 rings (SSSR count). The summed E-state index contributed by atoms with van der Waals surface area (Å²) in [5.74, 6) is 0. The Bertz CT molecular complexity index is 954. The molecule has 0 saturated heterocycles. The zero-order valence-electron chi connectivity index (χ0n) is 11.4. The molecule has 2 aromatic carbocycles. The lowest BCUT2D eigenvalue weighted by Gasteiger charge is -2.12. The van der Waals surface area contributed by atoms with Crippen molar-refractivity contribution in [2.45, 2.75) is 21.6 Å². The normalized spacial score (nSPS) is 12.3. The van der Waals surface area contributed by atoms with Gasteiger partial charge in [-0.25, -0.2) is 22.0 Å². The molecule has 0 saturated carbocycles. The van der Waals surface area contributed by atoms with Crippen molar-refractivity contribution in [1.82, 2.24) is 0 Å². The lowest BCUT2D eigenvalue weighted by atomic mass is 10.2. The van der Waals surface area contributed by atoms with Gasteiger partial charge in [0.2, 0.25) is 19.9 Å². The van der Waals surface area contributed by atoms with Gasteiger partial charge >= 0.3 is 0 Å². The van der Waals surface area contributed by atoms with Gasteiger partial charge in [-0.05, 0) is 36.8 Å². The monoisotopic (exact) mass is 360 g/mol. The van der Waals surface area contributed by atoms with Crippen molar-refractivity contribution >= 4 is 37.1 Å². The van der Waals surface area contributed by atoms with E-state index in [-0.39, 0.29) is 21.2 Å². The zero-order chi connectivity index (χ0) is 16.7. The van der Waals surface area contributed by atoms with Crippen LogP contribution in [0.15, 0.2) is 51.1 Å². The third-order valence-electron chi connectivity index (χ3n) is 3.05. The molecule has 0 amide bonds. The molecule has 0 bridgehead atoms. The van der Waals surface area contributed by atoms with Crippen LogP contribution in [-0.2, 0) is 19.9 Å². The molecule has 0 spiro atoms. The molecule has 22 heavy (non-hydrogen) atoms. The number of nitrogen functional groups attached to an aromatic ring is 1. The number of primary sulfonamides is 1. The van der Waals surface area contributed by atoms with Crippen molar-refractivity contribution in [2.75, 3.05) is 5.73 Å². The zero-order valence-corrected chi connectivity index (χ0v) is 13.8. The molecule has 0 fully saturated rings. The molecular weight excluding hydrogens is 348 g/mol. The van der Waals surface area contributed by atoms with Gasteiger partial charge in [0.25, 0.3) is 0 Å². The summed E-state index contributed by atoms with van der Waals surface area (Å²) in [7, 11) is -8.35. The fourth-order valence-electron chi connectivity index (χ4n) is 1.98. The summed E-state index contributed by atoms with van der Waals surface area (Å²) >= 11 is 5.95. The molecule has 0 aromatic heterocycles. The Morgan fingerprint density at radius 3 is 2.05 bits per heavy atom. The summed E-state index contributed by atoms with van der Waals surface area (Å²) in [6.07, 6.45) is 0. The summed E-state index contributed by atoms with van der Waals surface area (Å²) in [6, 6.07) is 7.75. The van der Waals surface area contributed by atoms with E-state index in [2.05, 4.69) is 0 Å². The highest BCUT2D eigenvalue weighted by Gasteiger charge is 2.28. The number of sulfonamides is 1. The van der Waals surface area contributed by atoms with Crippen molar-refractivity contribution in [3.05, 3.63) is 47.0 Å². The molecule has 0 unspecified atom stereocenters. The fraction of sp³-hybridized carbons (Fsp3) is 0.0769. The van der Waals surface area contributed by atoms with Crippen LogP contribution in [0.2, 0.25) is 5.02 Å². The van der Waals surface area contributed by atoms with Crippen LogP contribution in [0.3, 0.4) is 0 Å². The second-order valence-corrected chi connectivity index (χ2v) is 8.44. The van der Waals surface area contributed by atoms with E-state index in [4.69, 9.17) is 22.5 Å². The van der Waals surface area contributed by atoms with Crippen LogP contribution in [-0.4, -0.2) is 16.8 Å². The smallest absolute Gasteiger partial charge is 0.239 e. The van der Waals surface area contributed by atoms with Crippen molar-refractivity contribution in [3.8, 4) is 0 Å². The van der Waals surface area contributed by atoms with E-state index in [1.807, 2.05) is 0 Å². The predicted octanol–water partition coefficient (Wildman–Crippen LogP) is 1.71. The number of hydrogen-bond acceptors (Lipinski definition) is 5. The summed E-state index contributed by atoms with van der Waals surface area (Å²) in [6.45, 7) is 1.51. The Labute approximate surface area is 133 Å². The average molecular weight is 361 g/mol. The summed E-state index contributed by atoms with van der Waals surface area (Å²) in [4.78, 5) is -1.05. The molecule has 6 nitrogen and oxygen atoms in total. The van der Waals surface area contributed by atoms with Crippen LogP contribution in [0.25, 0.3) is 0 Å². The first-order chi connectivity index (χ1) is 10.0. The number of benzene rings is 2. The SMILES string of the molecule is Cc1c(Cl)cc(N)cc1S(=O)(=O)c1ccccc1S(N)(=O)=O. The molecule has 4 N–H and O–H groups in total. The van der Waals surface area contributed by atoms with Gasteiger partial charge in [0, 0.05) is 10.7 Å². The first-order valence-electron chi connectivity index (χ1n) is 5.97. The number of sulfone groups is 1. The Morgan fingerprint density at radius 2 is 1.50 bits per heavy atom. The fourth-order valence-corrected chi connectivity index (χ4v) is 5.19. The number of anilines is 1. The number of rotatable bonds is 3. The Morgan fingerprint density at radius 1 is 0.955 bits per heavy atom. The van der Waals surface area contributed by atoms with E-state index in [0.29, 0.717) is 0 Å². The maximum absolute atomic E-state index is 12.8. The minimum Gasteiger partial charge on any atom is -0.399 e. The van der Waals surface area contributed by atoms with Crippen molar-refractivity contribution in [3.63, 3.8) is 0 Å². The largest absolute Gasteiger partial charge is 0.399 e. The Kier molecular flexibility index (Phi) is 4.22. The highest BCUT2D eigenvalue weighted by Crippen LogP contribution is 2.32. The third kappa shape index (κ3) is 2.95. The predicted molar refractivity (Wildman–Crippen MR) is 83.9 cm³/mol. The van der Waals surface area contributed by atoms with Gasteiger partial charge in [-0.3, -0.25) is 0 Å². The lowest BCUT2D eigenvalue weighted by Crippen LogP contribution is -2.17. The summed E-state index contributed by atoms with van der Waals surface area (Å²) in [5.41, 5.74) is 6.07. The standard InChI is InChI=1S/C13H13ClN2O4S2/c1-8-10(14)6-9(15)7-13(8)21(17,18)11-4-2-3-5-12(11)22(16,19)20/h2-7H,15H2,1H3,(H2,16,19,20). The quantitative estimate of drug-likeness (QED) is 0.807. The summed E-state index contributed by atoms with van der Waals surface area (Å²) < 4.78 is 48.8. The molecule has 0 heterocycles. The van der Waals surface area contributed by atoms with Gasteiger partial charge in [-0.15, -0.1) is 0 Å². The Hall–Kier alpha value is -1.61. The van der Waals surface area contributed by atoms with Gasteiger partial charge in [0.05, 0.1) is 9.79 Å². The van der Waals surface area contributed by atoms with Gasteiger partial charge in [-0.1, -0.05) is 23.7 Å². The van der Waals surface area contributed by atoms with Crippen LogP contribution >= 0.6 is 11.6 Å². The summed E-state index contributed by atoms with van der Waals surface area (Å²) in [5, 5.41) is 5.26. The van der Waals surface area contributed by atoms with E-state index in [0.717, 1.165) is 6.07 Å². The van der Waals surface area contributed by atoms with Crippen LogP contribution < -0.4 is 10.9 Å².